The predicted molar refractivity (Wildman–Crippen MR) is 108 cm³/mol. The zero-order chi connectivity index (χ0) is 20.1. The van der Waals surface area contributed by atoms with Crippen LogP contribution in [0.4, 0.5) is 0 Å². The summed E-state index contributed by atoms with van der Waals surface area (Å²) in [7, 11) is 0. The molecule has 0 N–H and O–H groups in total. The quantitative estimate of drug-likeness (QED) is 0.449. The van der Waals surface area contributed by atoms with Crippen molar-refractivity contribution in [3.63, 3.8) is 0 Å². The second kappa shape index (κ2) is 8.62. The van der Waals surface area contributed by atoms with Crippen LogP contribution < -0.4 is 0 Å². The fourth-order valence-electron chi connectivity index (χ4n) is 3.03. The Morgan fingerprint density at radius 1 is 1.07 bits per heavy atom. The number of rotatable bonds is 7. The van der Waals surface area contributed by atoms with Crippen molar-refractivity contribution in [3.05, 3.63) is 84.2 Å². The van der Waals surface area contributed by atoms with Crippen LogP contribution in [0.2, 0.25) is 0 Å². The third kappa shape index (κ3) is 4.30. The lowest BCUT2D eigenvalue weighted by atomic mass is 10.2. The first-order valence-corrected chi connectivity index (χ1v) is 9.31. The van der Waals surface area contributed by atoms with E-state index >= 15 is 0 Å². The molecule has 146 valence electrons. The summed E-state index contributed by atoms with van der Waals surface area (Å²) >= 11 is 0. The Labute approximate surface area is 168 Å². The molecule has 0 fully saturated rings. The number of fused-ring (bicyclic) bond motifs is 1. The van der Waals surface area contributed by atoms with E-state index in [4.69, 9.17) is 9.47 Å². The van der Waals surface area contributed by atoms with Gasteiger partial charge in [-0.3, -0.25) is 4.57 Å². The lowest BCUT2D eigenvalue weighted by Crippen LogP contribution is -2.04. The van der Waals surface area contributed by atoms with Gasteiger partial charge < -0.3 is 9.47 Å². The highest BCUT2D eigenvalue weighted by atomic mass is 16.5. The molecule has 7 heteroatoms. The summed E-state index contributed by atoms with van der Waals surface area (Å²) in [6.07, 6.45) is 4.96. The lowest BCUT2D eigenvalue weighted by Gasteiger charge is -2.08. The van der Waals surface area contributed by atoms with Gasteiger partial charge in [0.25, 0.3) is 0 Å². The Morgan fingerprint density at radius 2 is 2.00 bits per heavy atom. The van der Waals surface area contributed by atoms with Gasteiger partial charge >= 0.3 is 5.97 Å². The van der Waals surface area contributed by atoms with Crippen molar-refractivity contribution >= 4 is 17.0 Å². The average molecular weight is 388 g/mol. The topological polar surface area (TPSA) is 79.1 Å². The molecule has 2 aromatic carbocycles. The molecule has 0 saturated carbocycles. The summed E-state index contributed by atoms with van der Waals surface area (Å²) in [6.45, 7) is 3.03. The van der Waals surface area contributed by atoms with Crippen molar-refractivity contribution in [1.29, 1.82) is 0 Å². The van der Waals surface area contributed by atoms with Gasteiger partial charge in [0.2, 0.25) is 0 Å². The molecule has 0 aliphatic carbocycles. The van der Waals surface area contributed by atoms with E-state index < -0.39 is 0 Å². The van der Waals surface area contributed by atoms with Gasteiger partial charge in [-0.25, -0.2) is 19.7 Å². The van der Waals surface area contributed by atoms with Crippen LogP contribution >= 0.6 is 0 Å². The zero-order valence-electron chi connectivity index (χ0n) is 16.0. The van der Waals surface area contributed by atoms with Crippen LogP contribution in [0.5, 0.6) is 0 Å². The number of carbonyl (C=O) groups is 1. The maximum atomic E-state index is 11.9. The molecule has 0 aliphatic heterocycles. The molecule has 29 heavy (non-hydrogen) atoms. The van der Waals surface area contributed by atoms with Crippen LogP contribution in [0.15, 0.2) is 67.4 Å². The first kappa shape index (κ1) is 18.8. The zero-order valence-corrected chi connectivity index (χ0v) is 16.0. The monoisotopic (exact) mass is 388 g/mol. The number of esters is 1. The number of hydrogen-bond acceptors (Lipinski definition) is 6. The third-order valence-electron chi connectivity index (χ3n) is 4.41. The minimum absolute atomic E-state index is 0.341. The highest BCUT2D eigenvalue weighted by Gasteiger charge is 2.11. The van der Waals surface area contributed by atoms with E-state index in [1.807, 2.05) is 34.9 Å². The standard InChI is InChI=1S/C22H20N4O3/c1-2-29-22(27)17-6-7-21-20(11-17)25-15-26(21)19-5-3-4-16(10-19)12-28-13-18-8-9-23-14-24-18/h3-11,14-15H,2,12-13H2,1H3. The molecule has 0 aliphatic rings. The van der Waals surface area contributed by atoms with E-state index in [1.165, 1.54) is 6.33 Å². The fraction of sp³-hybridized carbons (Fsp3) is 0.182. The second-order valence-electron chi connectivity index (χ2n) is 6.40. The Bertz CT molecular complexity index is 1130. The maximum Gasteiger partial charge on any atom is 0.338 e. The van der Waals surface area contributed by atoms with E-state index in [9.17, 15) is 4.79 Å². The molecule has 0 spiro atoms. The number of imidazole rings is 1. The summed E-state index contributed by atoms with van der Waals surface area (Å²) in [4.78, 5) is 24.4. The first-order valence-electron chi connectivity index (χ1n) is 9.31. The van der Waals surface area contributed by atoms with Crippen LogP contribution in [-0.2, 0) is 22.7 Å². The molecule has 0 unspecified atom stereocenters. The van der Waals surface area contributed by atoms with Gasteiger partial charge in [0, 0.05) is 11.9 Å². The molecular weight excluding hydrogens is 368 g/mol. The Hall–Kier alpha value is -3.58. The van der Waals surface area contributed by atoms with Gasteiger partial charge in [-0.2, -0.15) is 0 Å². The van der Waals surface area contributed by atoms with Gasteiger partial charge in [0.15, 0.2) is 0 Å². The molecule has 4 aromatic rings. The fourth-order valence-corrected chi connectivity index (χ4v) is 3.03. The van der Waals surface area contributed by atoms with Crippen LogP contribution in [0.1, 0.15) is 28.5 Å². The molecule has 2 aromatic heterocycles. The van der Waals surface area contributed by atoms with Gasteiger partial charge in [-0.05, 0) is 48.9 Å². The van der Waals surface area contributed by atoms with Gasteiger partial charge in [-0.1, -0.05) is 12.1 Å². The highest BCUT2D eigenvalue weighted by molar-refractivity contribution is 5.93. The van der Waals surface area contributed by atoms with E-state index in [2.05, 4.69) is 21.0 Å². The SMILES string of the molecule is CCOC(=O)c1ccc2c(c1)ncn2-c1cccc(COCc2ccncn2)c1. The van der Waals surface area contributed by atoms with Crippen molar-refractivity contribution in [3.8, 4) is 5.69 Å². The molecule has 7 nitrogen and oxygen atoms in total. The average Bonchev–Trinajstić information content (AvgIpc) is 3.18. The van der Waals surface area contributed by atoms with Gasteiger partial charge in [-0.15, -0.1) is 0 Å². The summed E-state index contributed by atoms with van der Waals surface area (Å²) in [5.74, 6) is -0.341. The van der Waals surface area contributed by atoms with Gasteiger partial charge in [0.1, 0.15) is 12.7 Å². The summed E-state index contributed by atoms with van der Waals surface area (Å²) in [6, 6.07) is 15.3. The number of hydrogen-bond donors (Lipinski definition) is 0. The van der Waals surface area contributed by atoms with Crippen LogP contribution in [0.25, 0.3) is 16.7 Å². The van der Waals surface area contributed by atoms with Crippen molar-refractivity contribution in [2.45, 2.75) is 20.1 Å². The van der Waals surface area contributed by atoms with Crippen LogP contribution in [0, 0.1) is 0 Å². The smallest absolute Gasteiger partial charge is 0.338 e. The minimum Gasteiger partial charge on any atom is -0.462 e. The normalized spacial score (nSPS) is 10.9. The number of nitrogens with zero attached hydrogens (tertiary/aromatic N) is 4. The van der Waals surface area contributed by atoms with Crippen molar-refractivity contribution in [2.75, 3.05) is 6.61 Å². The van der Waals surface area contributed by atoms with E-state index in [-0.39, 0.29) is 5.97 Å². The number of ether oxygens (including phenoxy) is 2. The Balaban J connectivity index is 1.51. The number of carbonyl (C=O) groups excluding carboxylic acids is 1. The van der Waals surface area contributed by atoms with Crippen LogP contribution in [-0.4, -0.2) is 32.1 Å². The Morgan fingerprint density at radius 3 is 2.83 bits per heavy atom. The molecule has 0 amide bonds. The molecule has 0 atom stereocenters. The summed E-state index contributed by atoms with van der Waals surface area (Å²) in [5, 5.41) is 0. The van der Waals surface area contributed by atoms with Crippen molar-refractivity contribution in [1.82, 2.24) is 19.5 Å². The maximum absolute atomic E-state index is 11.9. The highest BCUT2D eigenvalue weighted by Crippen LogP contribution is 2.21. The minimum atomic E-state index is -0.341. The summed E-state index contributed by atoms with van der Waals surface area (Å²) in [5.41, 5.74) is 5.00. The largest absolute Gasteiger partial charge is 0.462 e. The molecule has 4 rings (SSSR count). The molecule has 0 saturated heterocycles. The number of benzene rings is 2. The number of aromatic nitrogens is 4. The van der Waals surface area contributed by atoms with Crippen molar-refractivity contribution in [2.24, 2.45) is 0 Å². The molecule has 2 heterocycles. The van der Waals surface area contributed by atoms with Gasteiger partial charge in [0.05, 0.1) is 42.1 Å². The van der Waals surface area contributed by atoms with Crippen LogP contribution in [0.3, 0.4) is 0 Å². The third-order valence-corrected chi connectivity index (χ3v) is 4.41. The predicted octanol–water partition coefficient (Wildman–Crippen LogP) is 3.71. The van der Waals surface area contributed by atoms with Crippen molar-refractivity contribution < 1.29 is 14.3 Å². The molecule has 0 bridgehead atoms. The van der Waals surface area contributed by atoms with E-state index in [1.54, 1.807) is 31.6 Å². The molecular formula is C22H20N4O3. The molecule has 0 radical (unpaired) electrons. The van der Waals surface area contributed by atoms with E-state index in [0.29, 0.717) is 25.4 Å². The second-order valence-corrected chi connectivity index (χ2v) is 6.40. The first-order chi connectivity index (χ1) is 14.2. The Kier molecular flexibility index (Phi) is 5.58. The van der Waals surface area contributed by atoms with E-state index in [0.717, 1.165) is 28.0 Å². The lowest BCUT2D eigenvalue weighted by molar-refractivity contribution is 0.0526. The summed E-state index contributed by atoms with van der Waals surface area (Å²) < 4.78 is 12.8.